The Balaban J connectivity index is 1.98. The number of aromatic nitrogens is 3. The molecule has 0 bridgehead atoms. The van der Waals surface area contributed by atoms with Gasteiger partial charge in [-0.05, 0) is 37.7 Å². The van der Waals surface area contributed by atoms with E-state index in [9.17, 15) is 4.79 Å². The van der Waals surface area contributed by atoms with E-state index in [1.165, 1.54) is 10.2 Å². The van der Waals surface area contributed by atoms with Crippen LogP contribution in [0.5, 0.6) is 6.01 Å². The largest absolute Gasteiger partial charge is 0.460 e. The Bertz CT molecular complexity index is 764. The van der Waals surface area contributed by atoms with Crippen LogP contribution in [0.15, 0.2) is 24.3 Å². The summed E-state index contributed by atoms with van der Waals surface area (Å²) in [5, 5.41) is 4.38. The molecule has 1 aromatic carbocycles. The van der Waals surface area contributed by atoms with Crippen molar-refractivity contribution in [1.82, 2.24) is 14.8 Å². The highest BCUT2D eigenvalue weighted by atomic mass is 16.5. The van der Waals surface area contributed by atoms with Crippen LogP contribution in [0, 0.1) is 5.92 Å². The van der Waals surface area contributed by atoms with E-state index < -0.39 is 0 Å². The molecule has 2 aromatic rings. The van der Waals surface area contributed by atoms with Crippen LogP contribution in [0.1, 0.15) is 70.7 Å². The smallest absolute Gasteiger partial charge is 0.336 e. The van der Waals surface area contributed by atoms with Gasteiger partial charge in [0.1, 0.15) is 0 Å². The first-order valence-corrected chi connectivity index (χ1v) is 9.54. The molecule has 0 atom stereocenters. The molecule has 1 aliphatic rings. The third-order valence-corrected chi connectivity index (χ3v) is 4.85. The highest BCUT2D eigenvalue weighted by Crippen LogP contribution is 2.30. The molecule has 0 aliphatic heterocycles. The predicted octanol–water partition coefficient (Wildman–Crippen LogP) is 4.86. The van der Waals surface area contributed by atoms with E-state index in [2.05, 4.69) is 43.0 Å². The lowest BCUT2D eigenvalue weighted by Crippen LogP contribution is -2.22. The van der Waals surface area contributed by atoms with Gasteiger partial charge in [-0.3, -0.25) is 4.79 Å². The maximum atomic E-state index is 13.0. The predicted molar refractivity (Wildman–Crippen MR) is 103 cm³/mol. The summed E-state index contributed by atoms with van der Waals surface area (Å²) < 4.78 is 7.11. The van der Waals surface area contributed by atoms with Crippen molar-refractivity contribution in [2.24, 2.45) is 5.92 Å². The van der Waals surface area contributed by atoms with E-state index in [4.69, 9.17) is 4.74 Å². The van der Waals surface area contributed by atoms with Crippen molar-refractivity contribution in [2.75, 3.05) is 0 Å². The van der Waals surface area contributed by atoms with Crippen molar-refractivity contribution in [2.45, 2.75) is 71.8 Å². The Morgan fingerprint density at radius 2 is 1.77 bits per heavy atom. The van der Waals surface area contributed by atoms with E-state index in [0.717, 1.165) is 31.2 Å². The lowest BCUT2D eigenvalue weighted by atomic mass is 9.86. The highest BCUT2D eigenvalue weighted by molar-refractivity contribution is 5.84. The van der Waals surface area contributed by atoms with E-state index in [1.54, 1.807) is 0 Å². The number of hydrogen-bond donors (Lipinski definition) is 0. The fourth-order valence-corrected chi connectivity index (χ4v) is 3.36. The molecule has 0 radical (unpaired) electrons. The Labute approximate surface area is 155 Å². The topological polar surface area (TPSA) is 57.0 Å². The van der Waals surface area contributed by atoms with Gasteiger partial charge >= 0.3 is 6.01 Å². The summed E-state index contributed by atoms with van der Waals surface area (Å²) in [7, 11) is 0. The van der Waals surface area contributed by atoms with Gasteiger partial charge in [-0.25, -0.2) is 0 Å². The van der Waals surface area contributed by atoms with Crippen LogP contribution in [0.4, 0.5) is 0 Å². The minimum absolute atomic E-state index is 0.0310. The highest BCUT2D eigenvalue weighted by Gasteiger charge is 2.28. The maximum Gasteiger partial charge on any atom is 0.336 e. The Kier molecular flexibility index (Phi) is 5.17. The molecular formula is C21H29N3O2. The summed E-state index contributed by atoms with van der Waals surface area (Å²) in [4.78, 5) is 17.5. The molecule has 0 saturated heterocycles. The molecule has 1 aromatic heterocycles. The van der Waals surface area contributed by atoms with Gasteiger partial charge in [-0.15, -0.1) is 5.10 Å². The van der Waals surface area contributed by atoms with E-state index in [1.807, 2.05) is 26.0 Å². The standard InChI is InChI=1S/C21H29N3O2/c1-14(2)26-20-22-18(15-10-12-17(13-11-15)21(3,4)5)24(23-20)19(25)16-8-6-7-9-16/h10-14,16H,6-9H2,1-5H3. The Hall–Kier alpha value is -2.17. The molecule has 140 valence electrons. The molecule has 5 heteroatoms. The molecule has 1 saturated carbocycles. The Morgan fingerprint density at radius 1 is 1.15 bits per heavy atom. The van der Waals surface area contributed by atoms with Crippen LogP contribution in [0.2, 0.25) is 0 Å². The van der Waals surface area contributed by atoms with Crippen molar-refractivity contribution >= 4 is 5.91 Å². The lowest BCUT2D eigenvalue weighted by Gasteiger charge is -2.19. The Morgan fingerprint density at radius 3 is 2.31 bits per heavy atom. The van der Waals surface area contributed by atoms with Crippen molar-refractivity contribution in [1.29, 1.82) is 0 Å². The number of nitrogens with zero attached hydrogens (tertiary/aromatic N) is 3. The first-order chi connectivity index (χ1) is 12.3. The second-order valence-electron chi connectivity index (χ2n) is 8.44. The van der Waals surface area contributed by atoms with Crippen LogP contribution in [-0.2, 0) is 5.41 Å². The fraction of sp³-hybridized carbons (Fsp3) is 0.571. The van der Waals surface area contributed by atoms with Crippen molar-refractivity contribution < 1.29 is 9.53 Å². The maximum absolute atomic E-state index is 13.0. The third-order valence-electron chi connectivity index (χ3n) is 4.85. The van der Waals surface area contributed by atoms with E-state index in [-0.39, 0.29) is 29.4 Å². The molecule has 0 spiro atoms. The summed E-state index contributed by atoms with van der Waals surface area (Å²) in [5.74, 6) is 0.637. The molecule has 5 nitrogen and oxygen atoms in total. The average molecular weight is 355 g/mol. The first-order valence-electron chi connectivity index (χ1n) is 9.54. The number of carbonyl (C=O) groups is 1. The minimum Gasteiger partial charge on any atom is -0.460 e. The third kappa shape index (κ3) is 3.97. The van der Waals surface area contributed by atoms with E-state index >= 15 is 0 Å². The molecule has 3 rings (SSSR count). The lowest BCUT2D eigenvalue weighted by molar-refractivity contribution is 0.0819. The summed E-state index contributed by atoms with van der Waals surface area (Å²) in [6, 6.07) is 8.49. The molecule has 0 N–H and O–H groups in total. The summed E-state index contributed by atoms with van der Waals surface area (Å²) >= 11 is 0. The fourth-order valence-electron chi connectivity index (χ4n) is 3.36. The number of benzene rings is 1. The van der Waals surface area contributed by atoms with Gasteiger partial charge < -0.3 is 4.74 Å². The second-order valence-corrected chi connectivity index (χ2v) is 8.44. The number of rotatable bonds is 4. The van der Waals surface area contributed by atoms with Gasteiger partial charge in [-0.2, -0.15) is 9.67 Å². The zero-order chi connectivity index (χ0) is 18.9. The zero-order valence-corrected chi connectivity index (χ0v) is 16.5. The van der Waals surface area contributed by atoms with Crippen LogP contribution < -0.4 is 4.74 Å². The molecule has 1 heterocycles. The second kappa shape index (κ2) is 7.22. The zero-order valence-electron chi connectivity index (χ0n) is 16.5. The quantitative estimate of drug-likeness (QED) is 0.786. The van der Waals surface area contributed by atoms with Crippen LogP contribution in [-0.4, -0.2) is 26.8 Å². The molecule has 26 heavy (non-hydrogen) atoms. The first kappa shape index (κ1) is 18.6. The van der Waals surface area contributed by atoms with Crippen molar-refractivity contribution in [3.8, 4) is 17.4 Å². The van der Waals surface area contributed by atoms with Gasteiger partial charge in [0.05, 0.1) is 6.10 Å². The molecule has 0 amide bonds. The SMILES string of the molecule is CC(C)Oc1nc(-c2ccc(C(C)(C)C)cc2)n(C(=O)C2CCCC2)n1. The van der Waals surface area contributed by atoms with Crippen molar-refractivity contribution in [3.05, 3.63) is 29.8 Å². The number of ether oxygens (including phenoxy) is 1. The molecule has 1 fully saturated rings. The average Bonchev–Trinajstić information content (AvgIpc) is 3.22. The van der Waals surface area contributed by atoms with E-state index in [0.29, 0.717) is 5.82 Å². The summed E-state index contributed by atoms with van der Waals surface area (Å²) in [6.45, 7) is 10.4. The normalized spacial score (nSPS) is 15.6. The van der Waals surface area contributed by atoms with Crippen LogP contribution in [0.25, 0.3) is 11.4 Å². The van der Waals surface area contributed by atoms with Gasteiger partial charge in [0.15, 0.2) is 5.82 Å². The van der Waals surface area contributed by atoms with Crippen LogP contribution >= 0.6 is 0 Å². The monoisotopic (exact) mass is 355 g/mol. The van der Waals surface area contributed by atoms with Gasteiger partial charge in [-0.1, -0.05) is 57.9 Å². The molecule has 1 aliphatic carbocycles. The summed E-state index contributed by atoms with van der Waals surface area (Å²) in [5.41, 5.74) is 2.21. The number of hydrogen-bond acceptors (Lipinski definition) is 4. The van der Waals surface area contributed by atoms with Gasteiger partial charge in [0.25, 0.3) is 5.91 Å². The molecule has 0 unspecified atom stereocenters. The number of carbonyl (C=O) groups excluding carboxylic acids is 1. The minimum atomic E-state index is -0.0384. The van der Waals surface area contributed by atoms with Gasteiger partial charge in [0, 0.05) is 11.5 Å². The van der Waals surface area contributed by atoms with Gasteiger partial charge in [0.2, 0.25) is 0 Å². The van der Waals surface area contributed by atoms with Crippen LogP contribution in [0.3, 0.4) is 0 Å². The summed E-state index contributed by atoms with van der Waals surface area (Å²) in [6.07, 6.45) is 4.04. The molecular weight excluding hydrogens is 326 g/mol. The van der Waals surface area contributed by atoms with Crippen molar-refractivity contribution in [3.63, 3.8) is 0 Å².